The van der Waals surface area contributed by atoms with Crippen LogP contribution in [-0.4, -0.2) is 6.54 Å². The van der Waals surface area contributed by atoms with Gasteiger partial charge in [0.2, 0.25) is 0 Å². The molecule has 0 spiro atoms. The van der Waals surface area contributed by atoms with Crippen molar-refractivity contribution < 1.29 is 4.39 Å². The van der Waals surface area contributed by atoms with E-state index in [2.05, 4.69) is 12.2 Å². The Morgan fingerprint density at radius 3 is 2.75 bits per heavy atom. The molecule has 2 rings (SSSR count). The van der Waals surface area contributed by atoms with Gasteiger partial charge in [0.1, 0.15) is 5.82 Å². The Labute approximate surface area is 97.1 Å². The average Bonchev–Trinajstić information content (AvgIpc) is 2.65. The molecule has 0 bridgehead atoms. The zero-order valence-corrected chi connectivity index (χ0v) is 9.93. The second-order valence-electron chi connectivity index (χ2n) is 5.25. The first-order chi connectivity index (χ1) is 7.68. The summed E-state index contributed by atoms with van der Waals surface area (Å²) in [6.07, 6.45) is 5.36. The Morgan fingerprint density at radius 2 is 2.06 bits per heavy atom. The van der Waals surface area contributed by atoms with E-state index in [1.54, 1.807) is 12.1 Å². The highest BCUT2D eigenvalue weighted by Crippen LogP contribution is 2.36. The van der Waals surface area contributed by atoms with Crippen molar-refractivity contribution in [1.82, 2.24) is 5.32 Å². The Balaban J connectivity index is 1.79. The van der Waals surface area contributed by atoms with Gasteiger partial charge in [0.25, 0.3) is 0 Å². The summed E-state index contributed by atoms with van der Waals surface area (Å²) in [5.41, 5.74) is 1.49. The molecule has 0 unspecified atom stereocenters. The van der Waals surface area contributed by atoms with E-state index in [1.807, 2.05) is 6.07 Å². The molecule has 1 aromatic carbocycles. The third-order valence-corrected chi connectivity index (χ3v) is 3.58. The summed E-state index contributed by atoms with van der Waals surface area (Å²) in [6.45, 7) is 4.16. The fourth-order valence-electron chi connectivity index (χ4n) is 2.56. The summed E-state index contributed by atoms with van der Waals surface area (Å²) < 4.78 is 12.9. The molecule has 1 fully saturated rings. The van der Waals surface area contributed by atoms with Crippen LogP contribution in [0.3, 0.4) is 0 Å². The van der Waals surface area contributed by atoms with Crippen LogP contribution < -0.4 is 5.32 Å². The molecule has 1 aliphatic rings. The van der Waals surface area contributed by atoms with Crippen LogP contribution in [0.4, 0.5) is 4.39 Å². The molecule has 0 amide bonds. The lowest BCUT2D eigenvalue weighted by Crippen LogP contribution is -2.29. The molecule has 1 N–H and O–H groups in total. The lowest BCUT2D eigenvalue weighted by molar-refractivity contribution is 0.314. The highest BCUT2D eigenvalue weighted by atomic mass is 19.1. The molecule has 0 aliphatic heterocycles. The topological polar surface area (TPSA) is 12.0 Å². The molecule has 1 saturated carbocycles. The van der Waals surface area contributed by atoms with Crippen LogP contribution in [-0.2, 0) is 6.54 Å². The predicted molar refractivity (Wildman–Crippen MR) is 64.7 cm³/mol. The maximum absolute atomic E-state index is 12.9. The molecular formula is C14H20FN. The zero-order valence-electron chi connectivity index (χ0n) is 9.93. The maximum Gasteiger partial charge on any atom is 0.123 e. The van der Waals surface area contributed by atoms with Gasteiger partial charge in [-0.05, 0) is 36.0 Å². The van der Waals surface area contributed by atoms with Crippen LogP contribution in [0, 0.1) is 11.2 Å². The van der Waals surface area contributed by atoms with Gasteiger partial charge in [-0.2, -0.15) is 0 Å². The van der Waals surface area contributed by atoms with Gasteiger partial charge in [-0.1, -0.05) is 31.9 Å². The van der Waals surface area contributed by atoms with Crippen molar-refractivity contribution in [2.24, 2.45) is 5.41 Å². The Hall–Kier alpha value is -0.890. The molecule has 2 heteroatoms. The van der Waals surface area contributed by atoms with E-state index in [1.165, 1.54) is 31.7 Å². The number of hydrogen-bond acceptors (Lipinski definition) is 1. The highest BCUT2D eigenvalue weighted by molar-refractivity contribution is 5.15. The van der Waals surface area contributed by atoms with Crippen molar-refractivity contribution in [2.75, 3.05) is 6.54 Å². The molecule has 0 aromatic heterocycles. The first-order valence-electron chi connectivity index (χ1n) is 6.13. The normalized spacial score (nSPS) is 18.9. The van der Waals surface area contributed by atoms with Crippen molar-refractivity contribution >= 4 is 0 Å². The molecule has 0 saturated heterocycles. The lowest BCUT2D eigenvalue weighted by atomic mass is 9.89. The third-order valence-electron chi connectivity index (χ3n) is 3.58. The van der Waals surface area contributed by atoms with Crippen LogP contribution >= 0.6 is 0 Å². The smallest absolute Gasteiger partial charge is 0.123 e. The van der Waals surface area contributed by atoms with Crippen molar-refractivity contribution in [3.63, 3.8) is 0 Å². The van der Waals surface area contributed by atoms with E-state index in [4.69, 9.17) is 0 Å². The Morgan fingerprint density at radius 1 is 1.31 bits per heavy atom. The fourth-order valence-corrected chi connectivity index (χ4v) is 2.56. The molecule has 16 heavy (non-hydrogen) atoms. The largest absolute Gasteiger partial charge is 0.312 e. The van der Waals surface area contributed by atoms with Crippen LogP contribution in [0.25, 0.3) is 0 Å². The van der Waals surface area contributed by atoms with Crippen LogP contribution in [0.15, 0.2) is 24.3 Å². The minimum Gasteiger partial charge on any atom is -0.312 e. The van der Waals surface area contributed by atoms with Crippen LogP contribution in [0.2, 0.25) is 0 Å². The molecule has 0 atom stereocenters. The molecular weight excluding hydrogens is 201 g/mol. The molecule has 1 aromatic rings. The first kappa shape index (κ1) is 11.6. The molecule has 1 aliphatic carbocycles. The van der Waals surface area contributed by atoms with E-state index < -0.39 is 0 Å². The lowest BCUT2D eigenvalue weighted by Gasteiger charge is -2.23. The standard InChI is InChI=1S/C14H20FN/c1-14(7-2-3-8-14)11-16-10-12-5-4-6-13(15)9-12/h4-6,9,16H,2-3,7-8,10-11H2,1H3. The number of hydrogen-bond donors (Lipinski definition) is 1. The SMILES string of the molecule is CC1(CNCc2cccc(F)c2)CCCC1. The zero-order chi connectivity index (χ0) is 11.4. The average molecular weight is 221 g/mol. The second kappa shape index (κ2) is 4.96. The summed E-state index contributed by atoms with van der Waals surface area (Å²) in [5.74, 6) is -0.147. The van der Waals surface area contributed by atoms with Crippen LogP contribution in [0.5, 0.6) is 0 Å². The van der Waals surface area contributed by atoms with E-state index in [0.717, 1.165) is 18.7 Å². The van der Waals surface area contributed by atoms with Gasteiger partial charge >= 0.3 is 0 Å². The van der Waals surface area contributed by atoms with Crippen molar-refractivity contribution in [3.8, 4) is 0 Å². The van der Waals surface area contributed by atoms with Gasteiger partial charge in [0.15, 0.2) is 0 Å². The summed E-state index contributed by atoms with van der Waals surface area (Å²) in [7, 11) is 0. The minimum atomic E-state index is -0.147. The Bertz CT molecular complexity index is 342. The van der Waals surface area contributed by atoms with Gasteiger partial charge in [0.05, 0.1) is 0 Å². The maximum atomic E-state index is 12.9. The van der Waals surface area contributed by atoms with Gasteiger partial charge in [-0.25, -0.2) is 4.39 Å². The monoisotopic (exact) mass is 221 g/mol. The van der Waals surface area contributed by atoms with Gasteiger partial charge in [-0.15, -0.1) is 0 Å². The molecule has 88 valence electrons. The predicted octanol–water partition coefficient (Wildman–Crippen LogP) is 3.50. The van der Waals surface area contributed by atoms with E-state index in [0.29, 0.717) is 5.41 Å². The summed E-state index contributed by atoms with van der Waals surface area (Å²) >= 11 is 0. The molecule has 1 nitrogen and oxygen atoms in total. The van der Waals surface area contributed by atoms with Gasteiger partial charge < -0.3 is 5.32 Å². The number of nitrogens with one attached hydrogen (secondary N) is 1. The fraction of sp³-hybridized carbons (Fsp3) is 0.571. The van der Waals surface area contributed by atoms with E-state index >= 15 is 0 Å². The van der Waals surface area contributed by atoms with E-state index in [-0.39, 0.29) is 5.82 Å². The highest BCUT2D eigenvalue weighted by Gasteiger charge is 2.27. The van der Waals surface area contributed by atoms with Crippen molar-refractivity contribution in [2.45, 2.75) is 39.2 Å². The third kappa shape index (κ3) is 3.05. The first-order valence-corrected chi connectivity index (χ1v) is 6.13. The van der Waals surface area contributed by atoms with E-state index in [9.17, 15) is 4.39 Å². The van der Waals surface area contributed by atoms with Gasteiger partial charge in [0, 0.05) is 13.1 Å². The summed E-state index contributed by atoms with van der Waals surface area (Å²) in [4.78, 5) is 0. The van der Waals surface area contributed by atoms with Gasteiger partial charge in [-0.3, -0.25) is 0 Å². The number of benzene rings is 1. The molecule has 0 heterocycles. The summed E-state index contributed by atoms with van der Waals surface area (Å²) in [5, 5.41) is 3.44. The minimum absolute atomic E-state index is 0.147. The quantitative estimate of drug-likeness (QED) is 0.820. The molecule has 0 radical (unpaired) electrons. The van der Waals surface area contributed by atoms with Crippen molar-refractivity contribution in [1.29, 1.82) is 0 Å². The van der Waals surface area contributed by atoms with Crippen molar-refractivity contribution in [3.05, 3.63) is 35.6 Å². The number of halogens is 1. The second-order valence-corrected chi connectivity index (χ2v) is 5.25. The number of rotatable bonds is 4. The summed E-state index contributed by atoms with van der Waals surface area (Å²) in [6, 6.07) is 6.82. The Kier molecular flexibility index (Phi) is 3.59. The van der Waals surface area contributed by atoms with Crippen LogP contribution in [0.1, 0.15) is 38.2 Å².